The third-order valence-corrected chi connectivity index (χ3v) is 2.97. The molecule has 1 N–H and O–H groups in total. The summed E-state index contributed by atoms with van der Waals surface area (Å²) in [5.41, 5.74) is 2.16. The molecule has 0 radical (unpaired) electrons. The van der Waals surface area contributed by atoms with E-state index in [1.54, 1.807) is 32.2 Å². The molecule has 0 aromatic carbocycles. The molecule has 116 valence electrons. The van der Waals surface area contributed by atoms with Crippen molar-refractivity contribution in [1.29, 1.82) is 0 Å². The molecular formula is C15H18N4O3. The highest BCUT2D eigenvalue weighted by atomic mass is 16.5. The summed E-state index contributed by atoms with van der Waals surface area (Å²) >= 11 is 0. The third-order valence-electron chi connectivity index (χ3n) is 2.97. The van der Waals surface area contributed by atoms with Gasteiger partial charge in [0.05, 0.1) is 30.8 Å². The van der Waals surface area contributed by atoms with E-state index in [2.05, 4.69) is 20.3 Å². The quantitative estimate of drug-likeness (QED) is 0.910. The molecule has 22 heavy (non-hydrogen) atoms. The predicted octanol–water partition coefficient (Wildman–Crippen LogP) is 2.15. The summed E-state index contributed by atoms with van der Waals surface area (Å²) < 4.78 is 10.4. The van der Waals surface area contributed by atoms with E-state index in [1.807, 2.05) is 6.92 Å². The Hall–Kier alpha value is -2.70. The van der Waals surface area contributed by atoms with Crippen molar-refractivity contribution in [2.45, 2.75) is 20.8 Å². The zero-order valence-electron chi connectivity index (χ0n) is 13.0. The Morgan fingerprint density at radius 3 is 2.55 bits per heavy atom. The van der Waals surface area contributed by atoms with Crippen LogP contribution in [0.5, 0.6) is 11.9 Å². The van der Waals surface area contributed by atoms with Gasteiger partial charge in [-0.05, 0) is 32.9 Å². The number of anilines is 1. The van der Waals surface area contributed by atoms with E-state index < -0.39 is 0 Å². The summed E-state index contributed by atoms with van der Waals surface area (Å²) in [7, 11) is 1.47. The first kappa shape index (κ1) is 15.7. The molecule has 0 atom stereocenters. The Kier molecular flexibility index (Phi) is 4.88. The molecule has 0 saturated heterocycles. The second-order valence-electron chi connectivity index (χ2n) is 4.50. The summed E-state index contributed by atoms with van der Waals surface area (Å²) in [5, 5.41) is 2.80. The second kappa shape index (κ2) is 6.84. The number of amides is 1. The van der Waals surface area contributed by atoms with Crippen LogP contribution in [0.1, 0.15) is 28.7 Å². The molecule has 0 saturated carbocycles. The number of aryl methyl sites for hydroxylation is 2. The molecule has 7 heteroatoms. The van der Waals surface area contributed by atoms with Gasteiger partial charge >= 0.3 is 6.01 Å². The number of carbonyl (C=O) groups excluding carboxylic acids is 1. The van der Waals surface area contributed by atoms with Gasteiger partial charge in [-0.15, -0.1) is 0 Å². The molecule has 0 aliphatic carbocycles. The van der Waals surface area contributed by atoms with Crippen LogP contribution in [0.4, 0.5) is 5.69 Å². The van der Waals surface area contributed by atoms with Crippen LogP contribution in [-0.4, -0.2) is 34.6 Å². The number of pyridine rings is 1. The molecule has 0 unspecified atom stereocenters. The van der Waals surface area contributed by atoms with E-state index in [0.29, 0.717) is 35.3 Å². The van der Waals surface area contributed by atoms with E-state index in [4.69, 9.17) is 9.47 Å². The number of methoxy groups -OCH3 is 1. The normalized spacial score (nSPS) is 10.2. The highest BCUT2D eigenvalue weighted by Crippen LogP contribution is 2.22. The lowest BCUT2D eigenvalue weighted by Gasteiger charge is -2.13. The van der Waals surface area contributed by atoms with Crippen LogP contribution in [0.25, 0.3) is 0 Å². The molecule has 0 aliphatic heterocycles. The fourth-order valence-electron chi connectivity index (χ4n) is 1.97. The third kappa shape index (κ3) is 3.30. The predicted molar refractivity (Wildman–Crippen MR) is 81.4 cm³/mol. The number of hydrogen-bond acceptors (Lipinski definition) is 6. The number of ether oxygens (including phenoxy) is 2. The molecule has 1 amide bonds. The maximum Gasteiger partial charge on any atom is 0.316 e. The molecule has 0 bridgehead atoms. The van der Waals surface area contributed by atoms with E-state index in [1.165, 1.54) is 7.11 Å². The zero-order chi connectivity index (χ0) is 16.1. The summed E-state index contributed by atoms with van der Waals surface area (Å²) in [6.45, 7) is 5.91. The number of rotatable bonds is 5. The van der Waals surface area contributed by atoms with E-state index in [0.717, 1.165) is 0 Å². The number of nitrogens with zero attached hydrogens (tertiary/aromatic N) is 3. The number of hydrogen-bond donors (Lipinski definition) is 1. The Morgan fingerprint density at radius 1 is 1.27 bits per heavy atom. The van der Waals surface area contributed by atoms with Gasteiger partial charge in [0.25, 0.3) is 5.91 Å². The first-order valence-electron chi connectivity index (χ1n) is 6.85. The lowest BCUT2D eigenvalue weighted by atomic mass is 10.2. The molecule has 0 aliphatic rings. The Morgan fingerprint density at radius 2 is 1.95 bits per heavy atom. The van der Waals surface area contributed by atoms with Crippen LogP contribution in [-0.2, 0) is 0 Å². The van der Waals surface area contributed by atoms with Crippen molar-refractivity contribution >= 4 is 11.6 Å². The average Bonchev–Trinajstić information content (AvgIpc) is 2.51. The summed E-state index contributed by atoms with van der Waals surface area (Å²) in [4.78, 5) is 24.8. The largest absolute Gasteiger partial charge is 0.480 e. The van der Waals surface area contributed by atoms with Crippen molar-refractivity contribution in [1.82, 2.24) is 15.0 Å². The lowest BCUT2D eigenvalue weighted by Crippen LogP contribution is -2.16. The summed E-state index contributed by atoms with van der Waals surface area (Å²) in [6, 6.07) is 3.61. The highest BCUT2D eigenvalue weighted by Gasteiger charge is 2.17. The van der Waals surface area contributed by atoms with Gasteiger partial charge in [-0.3, -0.25) is 4.79 Å². The van der Waals surface area contributed by atoms with Gasteiger partial charge in [0.2, 0.25) is 5.88 Å². The number of carbonyl (C=O) groups is 1. The van der Waals surface area contributed by atoms with Gasteiger partial charge in [0, 0.05) is 6.20 Å². The first-order chi connectivity index (χ1) is 10.6. The average molecular weight is 302 g/mol. The minimum atomic E-state index is -0.330. The second-order valence-corrected chi connectivity index (χ2v) is 4.50. The topological polar surface area (TPSA) is 86.2 Å². The Labute approximate surface area is 128 Å². The van der Waals surface area contributed by atoms with Crippen molar-refractivity contribution in [3.8, 4) is 11.9 Å². The molecule has 7 nitrogen and oxygen atoms in total. The SMILES string of the molecule is CCOc1nc(C)c(NC(=O)c2cccnc2OC)c(C)n1. The van der Waals surface area contributed by atoms with Crippen molar-refractivity contribution in [2.75, 3.05) is 19.0 Å². The van der Waals surface area contributed by atoms with Crippen LogP contribution >= 0.6 is 0 Å². The smallest absolute Gasteiger partial charge is 0.316 e. The van der Waals surface area contributed by atoms with Gasteiger partial charge in [-0.1, -0.05) is 0 Å². The van der Waals surface area contributed by atoms with Crippen molar-refractivity contribution in [2.24, 2.45) is 0 Å². The highest BCUT2D eigenvalue weighted by molar-refractivity contribution is 6.06. The fourth-order valence-corrected chi connectivity index (χ4v) is 1.97. The van der Waals surface area contributed by atoms with E-state index in [9.17, 15) is 4.79 Å². The molecule has 2 aromatic rings. The van der Waals surface area contributed by atoms with Crippen molar-refractivity contribution in [3.63, 3.8) is 0 Å². The monoisotopic (exact) mass is 302 g/mol. The minimum Gasteiger partial charge on any atom is -0.480 e. The van der Waals surface area contributed by atoms with E-state index >= 15 is 0 Å². The fraction of sp³-hybridized carbons (Fsp3) is 0.333. The lowest BCUT2D eigenvalue weighted by molar-refractivity contribution is 0.102. The van der Waals surface area contributed by atoms with Crippen LogP contribution in [0, 0.1) is 13.8 Å². The molecular weight excluding hydrogens is 284 g/mol. The molecule has 2 heterocycles. The van der Waals surface area contributed by atoms with Crippen LogP contribution in [0.2, 0.25) is 0 Å². The molecule has 2 rings (SSSR count). The molecule has 0 fully saturated rings. The van der Waals surface area contributed by atoms with Gasteiger partial charge in [0.1, 0.15) is 5.56 Å². The number of aromatic nitrogens is 3. The van der Waals surface area contributed by atoms with Crippen molar-refractivity contribution < 1.29 is 14.3 Å². The van der Waals surface area contributed by atoms with Crippen molar-refractivity contribution in [3.05, 3.63) is 35.3 Å². The van der Waals surface area contributed by atoms with Crippen LogP contribution in [0.3, 0.4) is 0 Å². The maximum atomic E-state index is 12.4. The Balaban J connectivity index is 2.29. The summed E-state index contributed by atoms with van der Waals surface area (Å²) in [5.74, 6) is -0.0638. The van der Waals surface area contributed by atoms with Crippen LogP contribution in [0.15, 0.2) is 18.3 Å². The minimum absolute atomic E-state index is 0.266. The van der Waals surface area contributed by atoms with Crippen LogP contribution < -0.4 is 14.8 Å². The zero-order valence-corrected chi connectivity index (χ0v) is 13.0. The Bertz CT molecular complexity index is 665. The standard InChI is InChI=1S/C15H18N4O3/c1-5-22-15-17-9(2)12(10(3)18-15)19-13(20)11-7-6-8-16-14(11)21-4/h6-8H,5H2,1-4H3,(H,19,20). The van der Waals surface area contributed by atoms with Gasteiger partial charge in [-0.2, -0.15) is 9.97 Å². The van der Waals surface area contributed by atoms with Gasteiger partial charge in [-0.25, -0.2) is 4.98 Å². The van der Waals surface area contributed by atoms with Gasteiger partial charge in [0.15, 0.2) is 0 Å². The van der Waals surface area contributed by atoms with E-state index in [-0.39, 0.29) is 11.8 Å². The first-order valence-corrected chi connectivity index (χ1v) is 6.85. The molecule has 0 spiro atoms. The number of nitrogens with one attached hydrogen (secondary N) is 1. The van der Waals surface area contributed by atoms with Gasteiger partial charge < -0.3 is 14.8 Å². The maximum absolute atomic E-state index is 12.4. The summed E-state index contributed by atoms with van der Waals surface area (Å²) in [6.07, 6.45) is 1.56. The molecule has 2 aromatic heterocycles.